The second-order valence-corrected chi connectivity index (χ2v) is 6.84. The van der Waals surface area contributed by atoms with E-state index in [1.165, 1.54) is 18.3 Å². The van der Waals surface area contributed by atoms with Gasteiger partial charge in [0, 0.05) is 34.0 Å². The molecule has 0 fully saturated rings. The smallest absolute Gasteiger partial charge is 0.212 e. The zero-order valence-corrected chi connectivity index (χ0v) is 16.6. The highest BCUT2D eigenvalue weighted by Gasteiger charge is 2.12. The number of nitrogens with one attached hydrogen (secondary N) is 1. The van der Waals surface area contributed by atoms with Crippen molar-refractivity contribution in [1.29, 1.82) is 0 Å². The van der Waals surface area contributed by atoms with Crippen LogP contribution in [0.5, 0.6) is 11.5 Å². The van der Waals surface area contributed by atoms with Gasteiger partial charge in [0.25, 0.3) is 0 Å². The Morgan fingerprint density at radius 3 is 2.60 bits per heavy atom. The van der Waals surface area contributed by atoms with E-state index in [1.807, 2.05) is 6.07 Å². The minimum atomic E-state index is -0.554. The van der Waals surface area contributed by atoms with Crippen LogP contribution in [-0.2, 0) is 6.61 Å². The van der Waals surface area contributed by atoms with Crippen LogP contribution in [0.1, 0.15) is 5.56 Å². The van der Waals surface area contributed by atoms with Crippen LogP contribution in [-0.4, -0.2) is 22.1 Å². The molecule has 4 aromatic rings. The maximum atomic E-state index is 13.9. The normalized spacial score (nSPS) is 10.8. The largest absolute Gasteiger partial charge is 0.496 e. The molecule has 8 heteroatoms. The summed E-state index contributed by atoms with van der Waals surface area (Å²) in [5.41, 5.74) is 2.53. The van der Waals surface area contributed by atoms with Gasteiger partial charge in [-0.2, -0.15) is 4.39 Å². The van der Waals surface area contributed by atoms with E-state index in [2.05, 4.69) is 15.0 Å². The molecule has 0 atom stereocenters. The fourth-order valence-electron chi connectivity index (χ4n) is 2.90. The number of hydrogen-bond donors (Lipinski definition) is 1. The minimum Gasteiger partial charge on any atom is -0.496 e. The Morgan fingerprint density at radius 1 is 1.00 bits per heavy atom. The van der Waals surface area contributed by atoms with Crippen LogP contribution in [0, 0.1) is 11.8 Å². The summed E-state index contributed by atoms with van der Waals surface area (Å²) in [4.78, 5) is 11.1. The van der Waals surface area contributed by atoms with Crippen LogP contribution in [0.15, 0.2) is 60.9 Å². The lowest BCUT2D eigenvalue weighted by Gasteiger charge is -2.11. The number of nitrogens with zero attached hydrogens (tertiary/aromatic N) is 2. The molecule has 0 radical (unpaired) electrons. The summed E-state index contributed by atoms with van der Waals surface area (Å²) in [6.45, 7) is 0.0529. The van der Waals surface area contributed by atoms with Gasteiger partial charge in [0.1, 0.15) is 29.7 Å². The topological polar surface area (TPSA) is 60.0 Å². The van der Waals surface area contributed by atoms with Gasteiger partial charge in [0.05, 0.1) is 19.0 Å². The Morgan fingerprint density at radius 2 is 1.87 bits per heavy atom. The third kappa shape index (κ3) is 4.26. The Hall–Kier alpha value is -3.45. The highest BCUT2D eigenvalue weighted by atomic mass is 35.5. The number of ether oxygens (including phenoxy) is 2. The maximum Gasteiger partial charge on any atom is 0.212 e. The van der Waals surface area contributed by atoms with Crippen LogP contribution in [0.2, 0.25) is 5.02 Å². The standard InChI is InChI=1S/C22H16ClF2N3O2/c1-29-20-9-16(30-12-14-2-4-15(23)8-18(14)24)5-6-17(20)19-11-27-22(28-19)13-3-7-21(25)26-10-13/h2-11H,12H2,1H3,(H,27,28). The number of pyridine rings is 1. The molecule has 5 nitrogen and oxygen atoms in total. The molecule has 4 rings (SSSR count). The Labute approximate surface area is 176 Å². The molecule has 0 aliphatic carbocycles. The van der Waals surface area contributed by atoms with E-state index < -0.39 is 11.8 Å². The van der Waals surface area contributed by atoms with Crippen molar-refractivity contribution < 1.29 is 18.3 Å². The van der Waals surface area contributed by atoms with Crippen LogP contribution in [0.25, 0.3) is 22.6 Å². The number of methoxy groups -OCH3 is 1. The van der Waals surface area contributed by atoms with Crippen molar-refractivity contribution in [1.82, 2.24) is 15.0 Å². The van der Waals surface area contributed by atoms with Crippen molar-refractivity contribution in [2.75, 3.05) is 7.11 Å². The van der Waals surface area contributed by atoms with Gasteiger partial charge in [-0.1, -0.05) is 17.7 Å². The van der Waals surface area contributed by atoms with E-state index in [4.69, 9.17) is 21.1 Å². The molecule has 2 heterocycles. The van der Waals surface area contributed by atoms with E-state index >= 15 is 0 Å². The number of aromatic nitrogens is 3. The lowest BCUT2D eigenvalue weighted by Crippen LogP contribution is -1.99. The predicted octanol–water partition coefficient (Wildman–Crippen LogP) is 5.66. The highest BCUT2D eigenvalue weighted by molar-refractivity contribution is 6.30. The molecule has 0 unspecified atom stereocenters. The van der Waals surface area contributed by atoms with Gasteiger partial charge in [-0.15, -0.1) is 0 Å². The number of hydrogen-bond acceptors (Lipinski definition) is 4. The van der Waals surface area contributed by atoms with Gasteiger partial charge in [-0.25, -0.2) is 14.4 Å². The molecule has 2 aromatic carbocycles. The summed E-state index contributed by atoms with van der Waals surface area (Å²) in [7, 11) is 1.54. The van der Waals surface area contributed by atoms with E-state index in [1.54, 1.807) is 43.6 Å². The lowest BCUT2D eigenvalue weighted by atomic mass is 10.1. The van der Waals surface area contributed by atoms with Gasteiger partial charge in [0.2, 0.25) is 5.95 Å². The number of imidazole rings is 1. The fourth-order valence-corrected chi connectivity index (χ4v) is 3.06. The Bertz CT molecular complexity index is 1180. The SMILES string of the molecule is COc1cc(OCc2ccc(Cl)cc2F)ccc1-c1cnc(-c2ccc(F)nc2)[nH]1. The third-order valence-electron chi connectivity index (χ3n) is 4.45. The molecule has 0 saturated heterocycles. The van der Waals surface area contributed by atoms with Gasteiger partial charge >= 0.3 is 0 Å². The average Bonchev–Trinajstić information content (AvgIpc) is 3.23. The first-order valence-electron chi connectivity index (χ1n) is 8.95. The second kappa shape index (κ2) is 8.51. The predicted molar refractivity (Wildman–Crippen MR) is 110 cm³/mol. The first-order valence-corrected chi connectivity index (χ1v) is 9.33. The number of benzene rings is 2. The van der Waals surface area contributed by atoms with Gasteiger partial charge < -0.3 is 14.5 Å². The molecule has 0 bridgehead atoms. The summed E-state index contributed by atoms with van der Waals surface area (Å²) < 4.78 is 38.1. The van der Waals surface area contributed by atoms with E-state index in [0.29, 0.717) is 39.2 Å². The van der Waals surface area contributed by atoms with E-state index in [9.17, 15) is 8.78 Å². The number of aromatic amines is 1. The molecule has 0 aliphatic heterocycles. The molecule has 152 valence electrons. The molecule has 2 aromatic heterocycles. The third-order valence-corrected chi connectivity index (χ3v) is 4.68. The number of H-pyrrole nitrogens is 1. The first kappa shape index (κ1) is 19.8. The molecule has 0 saturated carbocycles. The molecule has 1 N–H and O–H groups in total. The van der Waals surface area contributed by atoms with Crippen molar-refractivity contribution in [3.8, 4) is 34.1 Å². The molecule has 0 amide bonds. The summed E-state index contributed by atoms with van der Waals surface area (Å²) in [5, 5.41) is 0.331. The van der Waals surface area contributed by atoms with Crippen molar-refractivity contribution in [2.45, 2.75) is 6.61 Å². The van der Waals surface area contributed by atoms with E-state index in [0.717, 1.165) is 5.56 Å². The van der Waals surface area contributed by atoms with Crippen molar-refractivity contribution in [2.24, 2.45) is 0 Å². The Balaban J connectivity index is 1.54. The maximum absolute atomic E-state index is 13.9. The van der Waals surface area contributed by atoms with Crippen LogP contribution in [0.4, 0.5) is 8.78 Å². The van der Waals surface area contributed by atoms with Crippen molar-refractivity contribution in [3.63, 3.8) is 0 Å². The second-order valence-electron chi connectivity index (χ2n) is 6.40. The zero-order valence-electron chi connectivity index (χ0n) is 15.8. The highest BCUT2D eigenvalue weighted by Crippen LogP contribution is 2.33. The molecular formula is C22H16ClF2N3O2. The first-order chi connectivity index (χ1) is 14.5. The zero-order chi connectivity index (χ0) is 21.1. The summed E-state index contributed by atoms with van der Waals surface area (Å²) in [5.74, 6) is 0.648. The Kier molecular flexibility index (Phi) is 5.63. The summed E-state index contributed by atoms with van der Waals surface area (Å²) in [6.07, 6.45) is 3.06. The molecular weight excluding hydrogens is 412 g/mol. The van der Waals surface area contributed by atoms with Crippen LogP contribution in [0.3, 0.4) is 0 Å². The lowest BCUT2D eigenvalue weighted by molar-refractivity contribution is 0.297. The summed E-state index contributed by atoms with van der Waals surface area (Å²) >= 11 is 5.77. The summed E-state index contributed by atoms with van der Waals surface area (Å²) in [6, 6.07) is 12.6. The quantitative estimate of drug-likeness (QED) is 0.403. The fraction of sp³-hybridized carbons (Fsp3) is 0.0909. The van der Waals surface area contributed by atoms with Gasteiger partial charge in [-0.3, -0.25) is 0 Å². The number of halogens is 3. The van der Waals surface area contributed by atoms with Gasteiger partial charge in [-0.05, 0) is 36.4 Å². The van der Waals surface area contributed by atoms with Crippen molar-refractivity contribution in [3.05, 3.63) is 83.3 Å². The van der Waals surface area contributed by atoms with Crippen LogP contribution >= 0.6 is 11.6 Å². The van der Waals surface area contributed by atoms with Gasteiger partial charge in [0.15, 0.2) is 0 Å². The van der Waals surface area contributed by atoms with Crippen LogP contribution < -0.4 is 9.47 Å². The molecule has 0 spiro atoms. The molecule has 30 heavy (non-hydrogen) atoms. The average molecular weight is 428 g/mol. The molecule has 0 aliphatic rings. The minimum absolute atomic E-state index is 0.0529. The van der Waals surface area contributed by atoms with Crippen molar-refractivity contribution >= 4 is 11.6 Å². The van der Waals surface area contributed by atoms with E-state index in [-0.39, 0.29) is 6.61 Å². The monoisotopic (exact) mass is 427 g/mol. The number of rotatable bonds is 6.